The maximum absolute atomic E-state index is 5.61. The third-order valence-corrected chi connectivity index (χ3v) is 2.28. The number of thiocarbonyl (C=S) groups is 1. The van der Waals surface area contributed by atoms with Gasteiger partial charge in [-0.1, -0.05) is 34.2 Å². The predicted molar refractivity (Wildman–Crippen MR) is 65.6 cm³/mol. The lowest BCUT2D eigenvalue weighted by atomic mass is 10.3. The zero-order valence-corrected chi connectivity index (χ0v) is 10.3. The molecule has 76 valence electrons. The van der Waals surface area contributed by atoms with E-state index in [4.69, 9.17) is 22.7 Å². The summed E-state index contributed by atoms with van der Waals surface area (Å²) >= 11 is 8.17. The summed E-state index contributed by atoms with van der Waals surface area (Å²) in [6.45, 7) is 1.94. The second-order valence-corrected chi connectivity index (χ2v) is 4.50. The van der Waals surface area contributed by atoms with Gasteiger partial charge in [-0.2, -0.15) is 0 Å². The van der Waals surface area contributed by atoms with Crippen molar-refractivity contribution in [1.29, 1.82) is 0 Å². The van der Waals surface area contributed by atoms with Crippen LogP contribution in [0, 0.1) is 0 Å². The zero-order chi connectivity index (χ0) is 10.6. The smallest absolute Gasteiger partial charge is 0.120 e. The molecule has 0 saturated carbocycles. The number of benzene rings is 1. The van der Waals surface area contributed by atoms with E-state index in [0.29, 0.717) is 11.4 Å². The fourth-order valence-electron chi connectivity index (χ4n) is 1.10. The van der Waals surface area contributed by atoms with Crippen molar-refractivity contribution in [3.63, 3.8) is 0 Å². The molecule has 0 aliphatic rings. The Morgan fingerprint density at radius 3 is 2.93 bits per heavy atom. The molecule has 1 unspecified atom stereocenters. The highest BCUT2D eigenvalue weighted by molar-refractivity contribution is 9.10. The lowest BCUT2D eigenvalue weighted by Crippen LogP contribution is -2.20. The number of nitrogens with two attached hydrogens (primary N) is 1. The second-order valence-electron chi connectivity index (χ2n) is 3.06. The van der Waals surface area contributed by atoms with Gasteiger partial charge in [-0.05, 0) is 25.1 Å². The van der Waals surface area contributed by atoms with Crippen molar-refractivity contribution in [3.05, 3.63) is 28.7 Å². The Labute approximate surface area is 97.6 Å². The topological polar surface area (TPSA) is 35.2 Å². The molecule has 0 aromatic heterocycles. The van der Waals surface area contributed by atoms with Gasteiger partial charge in [0.2, 0.25) is 0 Å². The van der Waals surface area contributed by atoms with E-state index in [-0.39, 0.29) is 6.10 Å². The zero-order valence-electron chi connectivity index (χ0n) is 7.87. The molecule has 4 heteroatoms. The first-order chi connectivity index (χ1) is 6.58. The fraction of sp³-hybridized carbons (Fsp3) is 0.300. The molecule has 0 amide bonds. The first-order valence-corrected chi connectivity index (χ1v) is 5.48. The van der Waals surface area contributed by atoms with E-state index >= 15 is 0 Å². The lowest BCUT2D eigenvalue weighted by Gasteiger charge is -2.13. The number of halogens is 1. The molecule has 0 aliphatic carbocycles. The van der Waals surface area contributed by atoms with Gasteiger partial charge in [0.25, 0.3) is 0 Å². The molecule has 0 heterocycles. The van der Waals surface area contributed by atoms with E-state index in [1.807, 2.05) is 31.2 Å². The van der Waals surface area contributed by atoms with Gasteiger partial charge in [-0.25, -0.2) is 0 Å². The summed E-state index contributed by atoms with van der Waals surface area (Å²) in [7, 11) is 0. The van der Waals surface area contributed by atoms with Gasteiger partial charge >= 0.3 is 0 Å². The third kappa shape index (κ3) is 4.07. The Kier molecular flexibility index (Phi) is 4.35. The molecule has 0 fully saturated rings. The average Bonchev–Trinajstić information content (AvgIpc) is 2.01. The van der Waals surface area contributed by atoms with Crippen LogP contribution in [0.2, 0.25) is 0 Å². The van der Waals surface area contributed by atoms with Gasteiger partial charge in [-0.3, -0.25) is 0 Å². The van der Waals surface area contributed by atoms with E-state index in [2.05, 4.69) is 15.9 Å². The molecule has 0 spiro atoms. The van der Waals surface area contributed by atoms with Crippen LogP contribution < -0.4 is 10.5 Å². The van der Waals surface area contributed by atoms with Crippen LogP contribution in [0.25, 0.3) is 0 Å². The van der Waals surface area contributed by atoms with Gasteiger partial charge in [0.05, 0.1) is 4.99 Å². The van der Waals surface area contributed by atoms with E-state index in [1.54, 1.807) is 0 Å². The maximum Gasteiger partial charge on any atom is 0.120 e. The Morgan fingerprint density at radius 1 is 1.64 bits per heavy atom. The summed E-state index contributed by atoms with van der Waals surface area (Å²) in [5, 5.41) is 0. The molecule has 1 atom stereocenters. The van der Waals surface area contributed by atoms with Crippen molar-refractivity contribution in [1.82, 2.24) is 0 Å². The van der Waals surface area contributed by atoms with E-state index < -0.39 is 0 Å². The molecule has 0 radical (unpaired) electrons. The Balaban J connectivity index is 2.55. The highest BCUT2D eigenvalue weighted by Gasteiger charge is 2.05. The van der Waals surface area contributed by atoms with Crippen LogP contribution in [0.5, 0.6) is 5.75 Å². The van der Waals surface area contributed by atoms with Crippen molar-refractivity contribution in [2.24, 2.45) is 5.73 Å². The van der Waals surface area contributed by atoms with Crippen molar-refractivity contribution in [2.45, 2.75) is 19.4 Å². The predicted octanol–water partition coefficient (Wildman–Crippen LogP) is 2.89. The van der Waals surface area contributed by atoms with Gasteiger partial charge in [0.15, 0.2) is 0 Å². The summed E-state index contributed by atoms with van der Waals surface area (Å²) in [5.74, 6) is 0.822. The molecule has 1 aromatic carbocycles. The monoisotopic (exact) mass is 273 g/mol. The van der Waals surface area contributed by atoms with Crippen molar-refractivity contribution >= 4 is 33.1 Å². The number of hydrogen-bond donors (Lipinski definition) is 1. The molecule has 0 saturated heterocycles. The SMILES string of the molecule is CC(CC(N)=S)Oc1cccc(Br)c1. The van der Waals surface area contributed by atoms with E-state index in [1.165, 1.54) is 0 Å². The molecule has 1 aromatic rings. The highest BCUT2D eigenvalue weighted by atomic mass is 79.9. The summed E-state index contributed by atoms with van der Waals surface area (Å²) in [6, 6.07) is 7.69. The van der Waals surface area contributed by atoms with Crippen molar-refractivity contribution < 1.29 is 4.74 Å². The van der Waals surface area contributed by atoms with Crippen molar-refractivity contribution in [2.75, 3.05) is 0 Å². The summed E-state index contributed by atoms with van der Waals surface area (Å²) in [6.07, 6.45) is 0.615. The average molecular weight is 274 g/mol. The van der Waals surface area contributed by atoms with Gasteiger partial charge in [0.1, 0.15) is 11.9 Å². The third-order valence-electron chi connectivity index (χ3n) is 1.62. The van der Waals surface area contributed by atoms with Crippen LogP contribution >= 0.6 is 28.1 Å². The van der Waals surface area contributed by atoms with Crippen LogP contribution in [0.1, 0.15) is 13.3 Å². The summed E-state index contributed by atoms with van der Waals surface area (Å²) < 4.78 is 6.61. The van der Waals surface area contributed by atoms with Gasteiger partial charge in [-0.15, -0.1) is 0 Å². The molecular weight excluding hydrogens is 262 g/mol. The van der Waals surface area contributed by atoms with Crippen LogP contribution in [0.4, 0.5) is 0 Å². The molecule has 2 N–H and O–H groups in total. The second kappa shape index (κ2) is 5.32. The molecule has 0 bridgehead atoms. The number of ether oxygens (including phenoxy) is 1. The fourth-order valence-corrected chi connectivity index (χ4v) is 1.71. The van der Waals surface area contributed by atoms with Crippen molar-refractivity contribution in [3.8, 4) is 5.75 Å². The standard InChI is InChI=1S/C10H12BrNOS/c1-7(5-10(12)14)13-9-4-2-3-8(11)6-9/h2-4,6-7H,5H2,1H3,(H2,12,14). The highest BCUT2D eigenvalue weighted by Crippen LogP contribution is 2.19. The van der Waals surface area contributed by atoms with Crippen LogP contribution in [0.15, 0.2) is 28.7 Å². The van der Waals surface area contributed by atoms with Gasteiger partial charge in [0, 0.05) is 10.9 Å². The van der Waals surface area contributed by atoms with E-state index in [0.717, 1.165) is 10.2 Å². The summed E-state index contributed by atoms with van der Waals surface area (Å²) in [4.78, 5) is 0.479. The molecular formula is C10H12BrNOS. The van der Waals surface area contributed by atoms with Gasteiger partial charge < -0.3 is 10.5 Å². The lowest BCUT2D eigenvalue weighted by molar-refractivity contribution is 0.230. The molecule has 14 heavy (non-hydrogen) atoms. The molecule has 0 aliphatic heterocycles. The van der Waals surface area contributed by atoms with Crippen LogP contribution in [0.3, 0.4) is 0 Å². The Hall–Kier alpha value is -0.610. The first-order valence-electron chi connectivity index (χ1n) is 4.28. The van der Waals surface area contributed by atoms with Crippen LogP contribution in [-0.4, -0.2) is 11.1 Å². The summed E-state index contributed by atoms with van der Waals surface area (Å²) in [5.41, 5.74) is 5.42. The molecule has 2 nitrogen and oxygen atoms in total. The maximum atomic E-state index is 5.61. The Morgan fingerprint density at radius 2 is 2.36 bits per heavy atom. The largest absolute Gasteiger partial charge is 0.490 e. The van der Waals surface area contributed by atoms with E-state index in [9.17, 15) is 0 Å². The normalized spacial score (nSPS) is 12.1. The number of hydrogen-bond acceptors (Lipinski definition) is 2. The minimum Gasteiger partial charge on any atom is -0.490 e. The minimum atomic E-state index is 0.0156. The Bertz CT molecular complexity index is 330. The minimum absolute atomic E-state index is 0.0156. The first kappa shape index (κ1) is 11.5. The molecule has 1 rings (SSSR count). The quantitative estimate of drug-likeness (QED) is 0.857. The number of rotatable bonds is 4. The van der Waals surface area contributed by atoms with Crippen LogP contribution in [-0.2, 0) is 0 Å².